The minimum Gasteiger partial charge on any atom is -0.481 e. The van der Waals surface area contributed by atoms with Crippen molar-refractivity contribution in [2.45, 2.75) is 55.0 Å². The topological polar surface area (TPSA) is 93.2 Å². The zero-order valence-corrected chi connectivity index (χ0v) is 15.8. The Balaban J connectivity index is 1.41. The van der Waals surface area contributed by atoms with E-state index in [0.717, 1.165) is 6.42 Å². The predicted octanol–water partition coefficient (Wildman–Crippen LogP) is 2.44. The first-order valence-corrected chi connectivity index (χ1v) is 11.1. The first kappa shape index (κ1) is 18.7. The van der Waals surface area contributed by atoms with Crippen molar-refractivity contribution in [2.24, 2.45) is 11.8 Å². The molecule has 3 fully saturated rings. The van der Waals surface area contributed by atoms with Crippen molar-refractivity contribution in [1.82, 2.24) is 0 Å². The third-order valence-electron chi connectivity index (χ3n) is 5.77. The van der Waals surface area contributed by atoms with Crippen LogP contribution in [0, 0.1) is 11.8 Å². The molecule has 6 atom stereocenters. The van der Waals surface area contributed by atoms with Gasteiger partial charge in [0.15, 0.2) is 9.84 Å². The van der Waals surface area contributed by atoms with Crippen molar-refractivity contribution in [3.63, 3.8) is 0 Å². The van der Waals surface area contributed by atoms with Crippen LogP contribution in [0.2, 0.25) is 0 Å². The number of allylic oxidation sites excluding steroid dienone is 2. The number of rotatable bonds is 9. The maximum absolute atomic E-state index is 12.8. The molecule has 6 nitrogen and oxygen atoms in total. The van der Waals surface area contributed by atoms with Crippen LogP contribution in [0.1, 0.15) is 25.7 Å². The second-order valence-corrected chi connectivity index (χ2v) is 9.58. The van der Waals surface area contributed by atoms with E-state index in [2.05, 4.69) is 0 Å². The summed E-state index contributed by atoms with van der Waals surface area (Å²) >= 11 is 0. The monoisotopic (exact) mass is 392 g/mol. The van der Waals surface area contributed by atoms with Crippen LogP contribution < -0.4 is 0 Å². The molecule has 3 heterocycles. The minimum atomic E-state index is -3.38. The molecule has 0 unspecified atom stereocenters. The van der Waals surface area contributed by atoms with Gasteiger partial charge in [-0.2, -0.15) is 0 Å². The number of unbranched alkanes of at least 4 members (excludes halogenated alkanes) is 1. The summed E-state index contributed by atoms with van der Waals surface area (Å²) in [6.07, 6.45) is 6.26. The molecule has 0 saturated carbocycles. The molecular formula is C20H24O6S. The van der Waals surface area contributed by atoms with Gasteiger partial charge in [0.25, 0.3) is 0 Å². The SMILES string of the molecule is O=C(O)CCCC=CC[C@H]1[C@@H](CS(=O)(=O)c2ccccc2)[C@@H]2O[C@H]1[C@@H]1O[C@@H]12. The lowest BCUT2D eigenvalue weighted by Crippen LogP contribution is -2.37. The fraction of sp³-hybridized carbons (Fsp3) is 0.550. The molecule has 7 heteroatoms. The number of carbonyl (C=O) groups is 1. The number of hydrogen-bond donors (Lipinski definition) is 1. The molecule has 27 heavy (non-hydrogen) atoms. The lowest BCUT2D eigenvalue weighted by atomic mass is 9.78. The number of aliphatic carboxylic acids is 1. The molecule has 2 bridgehead atoms. The molecule has 1 N–H and O–H groups in total. The predicted molar refractivity (Wildman–Crippen MR) is 98.0 cm³/mol. The first-order chi connectivity index (χ1) is 13.0. The van der Waals surface area contributed by atoms with E-state index < -0.39 is 15.8 Å². The van der Waals surface area contributed by atoms with Crippen LogP contribution in [0.25, 0.3) is 0 Å². The number of hydrogen-bond acceptors (Lipinski definition) is 5. The number of carboxylic acid groups (broad SMARTS) is 1. The smallest absolute Gasteiger partial charge is 0.303 e. The van der Waals surface area contributed by atoms with E-state index in [1.54, 1.807) is 30.3 Å². The molecule has 0 aliphatic carbocycles. The van der Waals surface area contributed by atoms with Crippen molar-refractivity contribution >= 4 is 15.8 Å². The Morgan fingerprint density at radius 2 is 1.67 bits per heavy atom. The summed E-state index contributed by atoms with van der Waals surface area (Å²) in [5.41, 5.74) is 0. The highest BCUT2D eigenvalue weighted by Crippen LogP contribution is 2.55. The van der Waals surface area contributed by atoms with Crippen LogP contribution in [-0.4, -0.2) is 49.7 Å². The molecule has 3 aliphatic rings. The second kappa shape index (κ2) is 7.37. The van der Waals surface area contributed by atoms with Gasteiger partial charge in [-0.3, -0.25) is 4.79 Å². The van der Waals surface area contributed by atoms with Gasteiger partial charge >= 0.3 is 5.97 Å². The average Bonchev–Trinajstić information content (AvgIpc) is 3.27. The lowest BCUT2D eigenvalue weighted by molar-refractivity contribution is -0.137. The van der Waals surface area contributed by atoms with E-state index in [1.165, 1.54) is 0 Å². The van der Waals surface area contributed by atoms with E-state index in [4.69, 9.17) is 14.6 Å². The molecule has 0 radical (unpaired) electrons. The molecule has 146 valence electrons. The van der Waals surface area contributed by atoms with Crippen molar-refractivity contribution in [3.8, 4) is 0 Å². The number of ether oxygens (including phenoxy) is 2. The van der Waals surface area contributed by atoms with Crippen molar-refractivity contribution < 1.29 is 27.8 Å². The Labute approximate surface area is 159 Å². The highest BCUT2D eigenvalue weighted by atomic mass is 32.2. The number of sulfone groups is 1. The summed E-state index contributed by atoms with van der Waals surface area (Å²) in [6.45, 7) is 0. The van der Waals surface area contributed by atoms with Crippen LogP contribution in [0.3, 0.4) is 0 Å². The van der Waals surface area contributed by atoms with Crippen LogP contribution in [0.4, 0.5) is 0 Å². The van der Waals surface area contributed by atoms with E-state index in [0.29, 0.717) is 17.7 Å². The largest absolute Gasteiger partial charge is 0.481 e. The standard InChI is InChI=1S/C20H24O6S/c21-16(22)11-7-2-1-6-10-14-15(18-20-19(26-20)17(14)25-18)12-27(23,24)13-8-4-3-5-9-13/h1,3-6,8-9,14-15,17-20H,2,7,10-12H2,(H,21,22)/t14-,15+,17+,18-,19-,20+/m0/s1. The maximum Gasteiger partial charge on any atom is 0.303 e. The minimum absolute atomic E-state index is 0.0281. The molecule has 0 amide bonds. The van der Waals surface area contributed by atoms with Crippen molar-refractivity contribution in [1.29, 1.82) is 0 Å². The average molecular weight is 392 g/mol. The van der Waals surface area contributed by atoms with E-state index >= 15 is 0 Å². The molecule has 3 aliphatic heterocycles. The molecule has 1 aromatic rings. The number of epoxide rings is 1. The van der Waals surface area contributed by atoms with E-state index in [9.17, 15) is 13.2 Å². The van der Waals surface area contributed by atoms with Crippen molar-refractivity contribution in [3.05, 3.63) is 42.5 Å². The Morgan fingerprint density at radius 1 is 1.00 bits per heavy atom. The third kappa shape index (κ3) is 3.81. The quantitative estimate of drug-likeness (QED) is 0.394. The van der Waals surface area contributed by atoms with Gasteiger partial charge in [0.1, 0.15) is 12.2 Å². The number of carboxylic acids is 1. The van der Waals surface area contributed by atoms with Crippen LogP contribution in [0.5, 0.6) is 0 Å². The fourth-order valence-electron chi connectivity index (χ4n) is 4.42. The van der Waals surface area contributed by atoms with E-state index in [1.807, 2.05) is 12.2 Å². The van der Waals surface area contributed by atoms with Gasteiger partial charge in [0.05, 0.1) is 22.9 Å². The number of fused-ring (bicyclic) bond motifs is 5. The molecule has 0 aromatic heterocycles. The van der Waals surface area contributed by atoms with Gasteiger partial charge in [0, 0.05) is 12.3 Å². The van der Waals surface area contributed by atoms with Crippen LogP contribution >= 0.6 is 0 Å². The molecular weight excluding hydrogens is 368 g/mol. The molecule has 0 spiro atoms. The van der Waals surface area contributed by atoms with Gasteiger partial charge in [-0.15, -0.1) is 0 Å². The normalized spacial score (nSPS) is 34.1. The van der Waals surface area contributed by atoms with Crippen molar-refractivity contribution in [2.75, 3.05) is 5.75 Å². The maximum atomic E-state index is 12.8. The summed E-state index contributed by atoms with van der Waals surface area (Å²) < 4.78 is 37.4. The Morgan fingerprint density at radius 3 is 2.37 bits per heavy atom. The zero-order chi connectivity index (χ0) is 19.0. The Bertz CT molecular complexity index is 818. The summed E-state index contributed by atoms with van der Waals surface area (Å²) in [6, 6.07) is 8.55. The Hall–Kier alpha value is -1.70. The van der Waals surface area contributed by atoms with E-state index in [-0.39, 0.29) is 48.4 Å². The van der Waals surface area contributed by atoms with Crippen LogP contribution in [0.15, 0.2) is 47.4 Å². The summed E-state index contributed by atoms with van der Waals surface area (Å²) in [7, 11) is -3.38. The third-order valence-corrected chi connectivity index (χ3v) is 7.58. The number of benzene rings is 1. The molecule has 1 aromatic carbocycles. The fourth-order valence-corrected chi connectivity index (χ4v) is 6.13. The summed E-state index contributed by atoms with van der Waals surface area (Å²) in [5.74, 6) is -0.670. The highest BCUT2D eigenvalue weighted by molar-refractivity contribution is 7.91. The van der Waals surface area contributed by atoms with Gasteiger partial charge < -0.3 is 14.6 Å². The van der Waals surface area contributed by atoms with Crippen LogP contribution in [-0.2, 0) is 24.1 Å². The molecule has 4 rings (SSSR count). The van der Waals surface area contributed by atoms with Gasteiger partial charge in [-0.25, -0.2) is 8.42 Å². The second-order valence-electron chi connectivity index (χ2n) is 7.55. The summed E-state index contributed by atoms with van der Waals surface area (Å²) in [5, 5.41) is 8.67. The summed E-state index contributed by atoms with van der Waals surface area (Å²) in [4.78, 5) is 10.9. The zero-order valence-electron chi connectivity index (χ0n) is 14.9. The lowest BCUT2D eigenvalue weighted by Gasteiger charge is -2.25. The molecule has 3 saturated heterocycles. The van der Waals surface area contributed by atoms with Gasteiger partial charge in [-0.05, 0) is 37.3 Å². The first-order valence-electron chi connectivity index (χ1n) is 9.43. The highest BCUT2D eigenvalue weighted by Gasteiger charge is 2.68. The van der Waals surface area contributed by atoms with Gasteiger partial charge in [0.2, 0.25) is 0 Å². The Kier molecular flexibility index (Phi) is 5.09. The van der Waals surface area contributed by atoms with Gasteiger partial charge in [-0.1, -0.05) is 30.4 Å².